The number of nitrogens with zero attached hydrogens (tertiary/aromatic N) is 1. The van der Waals surface area contributed by atoms with Crippen LogP contribution in [0.4, 0.5) is 14.5 Å². The second-order valence-corrected chi connectivity index (χ2v) is 8.03. The predicted molar refractivity (Wildman–Crippen MR) is 107 cm³/mol. The first-order valence-corrected chi connectivity index (χ1v) is 10.1. The van der Waals surface area contributed by atoms with E-state index in [1.165, 1.54) is 31.2 Å². The lowest BCUT2D eigenvalue weighted by Crippen LogP contribution is -2.15. The monoisotopic (exact) mass is 423 g/mol. The van der Waals surface area contributed by atoms with Gasteiger partial charge in [-0.3, -0.25) is 9.52 Å². The summed E-state index contributed by atoms with van der Waals surface area (Å²) in [6.45, 7) is -1.32. The fourth-order valence-corrected chi connectivity index (χ4v) is 3.11. The van der Waals surface area contributed by atoms with E-state index in [1.54, 1.807) is 0 Å². The Bertz CT molecular complexity index is 1330. The van der Waals surface area contributed by atoms with Crippen LogP contribution in [0.1, 0.15) is 11.0 Å². The SMILES string of the molecule is [2H]C([2H])([2H])n1cc(-c2cc(NS(=O)(=O)CC)ccc2Oc2ccc(F)cc2F)ccc1=O. The summed E-state index contributed by atoms with van der Waals surface area (Å²) in [5.74, 6) is -2.25. The molecular formula is C20H18F2N2O4S. The van der Waals surface area contributed by atoms with E-state index in [0.29, 0.717) is 10.6 Å². The van der Waals surface area contributed by atoms with Gasteiger partial charge in [0.05, 0.1) is 5.75 Å². The van der Waals surface area contributed by atoms with Gasteiger partial charge in [0.2, 0.25) is 15.6 Å². The number of aromatic nitrogens is 1. The standard InChI is InChI=1S/C20H18F2N2O4S/c1-3-29(26,27)23-15-6-8-18(28-19-7-5-14(21)10-17(19)22)16(11-15)13-4-9-20(25)24(2)12-13/h4-12,23H,3H2,1-2H3/i2D3. The highest BCUT2D eigenvalue weighted by Crippen LogP contribution is 2.36. The average Bonchev–Trinajstić information content (AvgIpc) is 2.70. The molecule has 1 N–H and O–H groups in total. The Hall–Kier alpha value is -3.20. The van der Waals surface area contributed by atoms with E-state index in [0.717, 1.165) is 24.4 Å². The van der Waals surface area contributed by atoms with Crippen molar-refractivity contribution in [1.82, 2.24) is 4.57 Å². The maximum absolute atomic E-state index is 14.1. The molecule has 2 aromatic carbocycles. The fourth-order valence-electron chi connectivity index (χ4n) is 2.48. The maximum Gasteiger partial charge on any atom is 0.250 e. The van der Waals surface area contributed by atoms with Gasteiger partial charge in [0.1, 0.15) is 11.6 Å². The van der Waals surface area contributed by atoms with Crippen LogP contribution in [0.15, 0.2) is 59.5 Å². The Balaban J connectivity index is 2.17. The first kappa shape index (κ1) is 16.7. The predicted octanol–water partition coefficient (Wildman–Crippen LogP) is 3.88. The van der Waals surface area contributed by atoms with E-state index < -0.39 is 34.2 Å². The number of halogens is 2. The largest absolute Gasteiger partial charge is 0.454 e. The van der Waals surface area contributed by atoms with Crippen LogP contribution in [0, 0.1) is 11.6 Å². The smallest absolute Gasteiger partial charge is 0.250 e. The summed E-state index contributed by atoms with van der Waals surface area (Å²) in [7, 11) is -3.63. The Kier molecular flexibility index (Phi) is 4.64. The molecule has 0 spiro atoms. The Morgan fingerprint density at radius 1 is 1.10 bits per heavy atom. The molecule has 29 heavy (non-hydrogen) atoms. The fraction of sp³-hybridized carbons (Fsp3) is 0.150. The van der Waals surface area contributed by atoms with Gasteiger partial charge in [-0.2, -0.15) is 0 Å². The molecule has 0 aliphatic carbocycles. The van der Waals surface area contributed by atoms with Crippen LogP contribution >= 0.6 is 0 Å². The van der Waals surface area contributed by atoms with Gasteiger partial charge < -0.3 is 9.30 Å². The van der Waals surface area contributed by atoms with Crippen LogP contribution in [0.25, 0.3) is 11.1 Å². The molecule has 0 bridgehead atoms. The molecule has 0 saturated heterocycles. The number of nitrogens with one attached hydrogen (secondary N) is 1. The quantitative estimate of drug-likeness (QED) is 0.653. The molecule has 0 radical (unpaired) electrons. The van der Waals surface area contributed by atoms with Crippen molar-refractivity contribution in [3.05, 3.63) is 76.7 Å². The van der Waals surface area contributed by atoms with Crippen LogP contribution < -0.4 is 15.0 Å². The third-order valence-electron chi connectivity index (χ3n) is 3.97. The Labute approximate surface area is 170 Å². The van der Waals surface area contributed by atoms with Crippen LogP contribution in [0.3, 0.4) is 0 Å². The van der Waals surface area contributed by atoms with E-state index in [1.807, 2.05) is 0 Å². The van der Waals surface area contributed by atoms with Gasteiger partial charge in [-0.05, 0) is 43.3 Å². The molecule has 0 aliphatic rings. The molecule has 0 aliphatic heterocycles. The number of ether oxygens (including phenoxy) is 1. The molecule has 0 atom stereocenters. The number of rotatable bonds is 6. The minimum Gasteiger partial charge on any atom is -0.454 e. The molecule has 1 aromatic heterocycles. The van der Waals surface area contributed by atoms with Crippen LogP contribution in [-0.2, 0) is 17.0 Å². The Morgan fingerprint density at radius 3 is 2.55 bits per heavy atom. The van der Waals surface area contributed by atoms with E-state index in [9.17, 15) is 22.0 Å². The van der Waals surface area contributed by atoms with Crippen LogP contribution in [0.5, 0.6) is 11.5 Å². The summed E-state index contributed by atoms with van der Waals surface area (Å²) in [4.78, 5) is 12.0. The van der Waals surface area contributed by atoms with Gasteiger partial charge in [0.25, 0.3) is 0 Å². The van der Waals surface area contributed by atoms with E-state index in [2.05, 4.69) is 4.72 Å². The van der Waals surface area contributed by atoms with Gasteiger partial charge in [-0.15, -0.1) is 0 Å². The van der Waals surface area contributed by atoms with Crippen molar-refractivity contribution < 1.29 is 26.0 Å². The molecule has 0 fully saturated rings. The first-order valence-electron chi connectivity index (χ1n) is 9.90. The lowest BCUT2D eigenvalue weighted by atomic mass is 10.1. The van der Waals surface area contributed by atoms with Gasteiger partial charge in [-0.1, -0.05) is 0 Å². The lowest BCUT2D eigenvalue weighted by Gasteiger charge is -2.15. The van der Waals surface area contributed by atoms with Crippen molar-refractivity contribution in [2.45, 2.75) is 6.92 Å². The molecule has 152 valence electrons. The summed E-state index contributed by atoms with van der Waals surface area (Å²) < 4.78 is 82.3. The molecule has 0 amide bonds. The number of benzene rings is 2. The average molecular weight is 423 g/mol. The van der Waals surface area contributed by atoms with Crippen LogP contribution in [-0.4, -0.2) is 18.7 Å². The van der Waals surface area contributed by atoms with Gasteiger partial charge in [0.15, 0.2) is 11.6 Å². The third-order valence-corrected chi connectivity index (χ3v) is 5.28. The second-order valence-electron chi connectivity index (χ2n) is 6.02. The molecular weight excluding hydrogens is 402 g/mol. The van der Waals surface area contributed by atoms with Crippen molar-refractivity contribution in [2.24, 2.45) is 6.98 Å². The summed E-state index contributed by atoms with van der Waals surface area (Å²) in [5.41, 5.74) is -0.275. The van der Waals surface area contributed by atoms with Gasteiger partial charge in [-0.25, -0.2) is 17.2 Å². The number of aryl methyl sites for hydroxylation is 1. The zero-order chi connectivity index (χ0) is 23.7. The molecule has 9 heteroatoms. The molecule has 0 unspecified atom stereocenters. The van der Waals surface area contributed by atoms with Gasteiger partial charge in [0, 0.05) is 46.2 Å². The zero-order valence-electron chi connectivity index (χ0n) is 18.1. The minimum atomic E-state index is -3.63. The summed E-state index contributed by atoms with van der Waals surface area (Å²) >= 11 is 0. The number of sulfonamides is 1. The Morgan fingerprint density at radius 2 is 1.86 bits per heavy atom. The van der Waals surface area contributed by atoms with Crippen LogP contribution in [0.2, 0.25) is 0 Å². The highest BCUT2D eigenvalue weighted by Gasteiger charge is 2.15. The van der Waals surface area contributed by atoms with E-state index in [4.69, 9.17) is 8.85 Å². The van der Waals surface area contributed by atoms with Crippen molar-refractivity contribution in [1.29, 1.82) is 0 Å². The highest BCUT2D eigenvalue weighted by atomic mass is 32.2. The van der Waals surface area contributed by atoms with Crippen molar-refractivity contribution >= 4 is 15.7 Å². The summed E-state index contributed by atoms with van der Waals surface area (Å²) in [6.07, 6.45) is 1.07. The molecule has 1 heterocycles. The number of anilines is 1. The summed E-state index contributed by atoms with van der Waals surface area (Å²) in [6, 6.07) is 9.13. The zero-order valence-corrected chi connectivity index (χ0v) is 16.0. The van der Waals surface area contributed by atoms with Crippen molar-refractivity contribution in [2.75, 3.05) is 10.5 Å². The van der Waals surface area contributed by atoms with E-state index >= 15 is 0 Å². The minimum absolute atomic E-state index is 0.0192. The lowest BCUT2D eigenvalue weighted by molar-refractivity contribution is 0.439. The maximum atomic E-state index is 14.1. The number of hydrogen-bond acceptors (Lipinski definition) is 4. The molecule has 3 rings (SSSR count). The van der Waals surface area contributed by atoms with E-state index in [-0.39, 0.29) is 34.1 Å². The molecule has 0 saturated carbocycles. The first-order chi connectivity index (χ1) is 14.9. The number of hydrogen-bond donors (Lipinski definition) is 1. The topological polar surface area (TPSA) is 77.4 Å². The molecule has 3 aromatic rings. The third kappa shape index (κ3) is 4.80. The normalized spacial score (nSPS) is 13.3. The van der Waals surface area contributed by atoms with Crippen molar-refractivity contribution in [3.63, 3.8) is 0 Å². The second kappa shape index (κ2) is 8.04. The highest BCUT2D eigenvalue weighted by molar-refractivity contribution is 7.92. The van der Waals surface area contributed by atoms with Crippen molar-refractivity contribution in [3.8, 4) is 22.6 Å². The molecule has 6 nitrogen and oxygen atoms in total. The van der Waals surface area contributed by atoms with Gasteiger partial charge >= 0.3 is 0 Å². The number of pyridine rings is 1. The summed E-state index contributed by atoms with van der Waals surface area (Å²) in [5, 5.41) is 0.